The molecular formula is C28H31ClF3N5O4S. The molecule has 3 atom stereocenters. The molecule has 5 rings (SSSR count). The minimum atomic E-state index is -4.77. The Morgan fingerprint density at radius 2 is 1.76 bits per heavy atom. The minimum absolute atomic E-state index is 0.0213. The molecule has 0 aliphatic carbocycles. The van der Waals surface area contributed by atoms with Gasteiger partial charge in [-0.25, -0.2) is 9.59 Å². The molecule has 0 N–H and O–H groups in total. The van der Waals surface area contributed by atoms with Gasteiger partial charge < -0.3 is 14.2 Å². The van der Waals surface area contributed by atoms with Crippen LogP contribution in [0.2, 0.25) is 5.02 Å². The first-order valence-corrected chi connectivity index (χ1v) is 14.8. The van der Waals surface area contributed by atoms with Crippen LogP contribution in [0.5, 0.6) is 0 Å². The van der Waals surface area contributed by atoms with E-state index in [1.165, 1.54) is 15.2 Å². The molecule has 2 aliphatic heterocycles. The molecule has 3 aromatic rings. The average molecular weight is 626 g/mol. The van der Waals surface area contributed by atoms with Crippen molar-refractivity contribution in [3.63, 3.8) is 0 Å². The molecule has 1 amide bonds. The van der Waals surface area contributed by atoms with Crippen molar-refractivity contribution in [2.45, 2.75) is 76.0 Å². The van der Waals surface area contributed by atoms with Gasteiger partial charge in [0, 0.05) is 43.0 Å². The zero-order chi connectivity index (χ0) is 30.7. The van der Waals surface area contributed by atoms with Crippen LogP contribution in [0.1, 0.15) is 46.2 Å². The van der Waals surface area contributed by atoms with E-state index < -0.39 is 52.3 Å². The first-order chi connectivity index (χ1) is 19.6. The molecule has 0 spiro atoms. The van der Waals surface area contributed by atoms with Gasteiger partial charge in [-0.05, 0) is 46.8 Å². The lowest BCUT2D eigenvalue weighted by molar-refractivity contribution is -0.137. The summed E-state index contributed by atoms with van der Waals surface area (Å²) in [6, 6.07) is 4.29. The highest BCUT2D eigenvalue weighted by atomic mass is 35.5. The minimum Gasteiger partial charge on any atom is -0.444 e. The molecule has 0 unspecified atom stereocenters. The number of nitrogens with zero attached hydrogens (tertiary/aromatic N) is 5. The van der Waals surface area contributed by atoms with Gasteiger partial charge in [0.05, 0.1) is 39.1 Å². The van der Waals surface area contributed by atoms with Crippen LogP contribution < -0.4 is 16.1 Å². The molecule has 1 fully saturated rings. The summed E-state index contributed by atoms with van der Waals surface area (Å²) < 4.78 is 51.1. The summed E-state index contributed by atoms with van der Waals surface area (Å²) in [5.41, 5.74) is -2.45. The number of rotatable bonds is 2. The molecule has 2 aromatic heterocycles. The number of ether oxygens (including phenoxy) is 1. The molecule has 1 saturated heterocycles. The monoisotopic (exact) mass is 625 g/mol. The van der Waals surface area contributed by atoms with Gasteiger partial charge in [-0.3, -0.25) is 14.3 Å². The van der Waals surface area contributed by atoms with E-state index in [0.29, 0.717) is 0 Å². The van der Waals surface area contributed by atoms with Crippen LogP contribution in [0.15, 0.2) is 44.9 Å². The van der Waals surface area contributed by atoms with Gasteiger partial charge in [-0.2, -0.15) is 18.2 Å². The van der Waals surface area contributed by atoms with Gasteiger partial charge in [-0.15, -0.1) is 11.8 Å². The Kier molecular flexibility index (Phi) is 7.80. The van der Waals surface area contributed by atoms with Crippen LogP contribution in [-0.4, -0.2) is 61.6 Å². The fourth-order valence-electron chi connectivity index (χ4n) is 5.64. The highest BCUT2D eigenvalue weighted by Gasteiger charge is 2.40. The Labute approximate surface area is 249 Å². The van der Waals surface area contributed by atoms with Crippen molar-refractivity contribution in [2.24, 2.45) is 0 Å². The smallest absolute Gasteiger partial charge is 0.417 e. The normalized spacial score (nSPS) is 21.4. The number of alkyl halides is 3. The van der Waals surface area contributed by atoms with Gasteiger partial charge in [0.1, 0.15) is 11.4 Å². The number of aromatic nitrogens is 3. The van der Waals surface area contributed by atoms with Crippen molar-refractivity contribution in [1.82, 2.24) is 19.0 Å². The number of halogens is 4. The van der Waals surface area contributed by atoms with Crippen LogP contribution in [0.4, 0.5) is 23.8 Å². The van der Waals surface area contributed by atoms with Gasteiger partial charge in [-0.1, -0.05) is 17.7 Å². The Balaban J connectivity index is 1.65. The molecule has 0 bridgehead atoms. The molecule has 4 heterocycles. The largest absolute Gasteiger partial charge is 0.444 e. The predicted molar refractivity (Wildman–Crippen MR) is 156 cm³/mol. The van der Waals surface area contributed by atoms with Crippen molar-refractivity contribution in [3.8, 4) is 0 Å². The maximum atomic E-state index is 14.3. The van der Waals surface area contributed by atoms with E-state index in [1.54, 1.807) is 48.9 Å². The second-order valence-corrected chi connectivity index (χ2v) is 13.1. The summed E-state index contributed by atoms with van der Waals surface area (Å²) in [4.78, 5) is 46.9. The van der Waals surface area contributed by atoms with Gasteiger partial charge in [0.2, 0.25) is 0 Å². The number of carbonyl (C=O) groups excluding carboxylic acids is 1. The van der Waals surface area contributed by atoms with E-state index >= 15 is 0 Å². The number of pyridine rings is 1. The molecule has 14 heteroatoms. The highest BCUT2D eigenvalue weighted by Crippen LogP contribution is 2.47. The standard InChI is InChI=1S/C28H31ClF3N5O4S/c1-15-11-34(12-16(2)37(15)26(40)41-27(3,4)5)24-18-10-19(28(30,31)32)21(29)23-22(18)36(25(39)33-24)13-17(14-42-23)35-9-7-6-8-20(35)38/h6-10,15-17H,11-14H2,1-5H3/t15-,16-,17+/m1/s1. The second-order valence-electron chi connectivity index (χ2n) is 11.7. The average Bonchev–Trinajstić information content (AvgIpc) is 3.07. The Bertz CT molecular complexity index is 1660. The summed E-state index contributed by atoms with van der Waals surface area (Å²) in [6.45, 7) is 9.38. The maximum absolute atomic E-state index is 14.3. The van der Waals surface area contributed by atoms with E-state index in [1.807, 2.05) is 13.8 Å². The van der Waals surface area contributed by atoms with Crippen molar-refractivity contribution < 1.29 is 22.7 Å². The van der Waals surface area contributed by atoms with Crippen LogP contribution in [-0.2, 0) is 17.5 Å². The Morgan fingerprint density at radius 3 is 2.36 bits per heavy atom. The van der Waals surface area contributed by atoms with Crippen LogP contribution in [0.3, 0.4) is 0 Å². The van der Waals surface area contributed by atoms with E-state index in [2.05, 4.69) is 4.98 Å². The number of amides is 1. The third-order valence-corrected chi connectivity index (χ3v) is 9.07. The number of hydrogen-bond donors (Lipinski definition) is 0. The van der Waals surface area contributed by atoms with E-state index in [9.17, 15) is 27.6 Å². The first kappa shape index (κ1) is 30.3. The highest BCUT2D eigenvalue weighted by molar-refractivity contribution is 7.99. The number of benzene rings is 1. The van der Waals surface area contributed by atoms with Crippen LogP contribution in [0, 0.1) is 0 Å². The number of hydrogen-bond acceptors (Lipinski definition) is 7. The lowest BCUT2D eigenvalue weighted by Gasteiger charge is -2.45. The molecule has 1 aromatic carbocycles. The molecule has 0 radical (unpaired) electrons. The number of piperazine rings is 1. The Morgan fingerprint density at radius 1 is 1.10 bits per heavy atom. The quantitative estimate of drug-likeness (QED) is 0.376. The van der Waals surface area contributed by atoms with Crippen molar-refractivity contribution in [3.05, 3.63) is 61.9 Å². The van der Waals surface area contributed by atoms with Crippen molar-refractivity contribution in [1.29, 1.82) is 0 Å². The maximum Gasteiger partial charge on any atom is 0.417 e. The van der Waals surface area contributed by atoms with Gasteiger partial charge >= 0.3 is 18.0 Å². The summed E-state index contributed by atoms with van der Waals surface area (Å²) in [6.07, 6.45) is -3.67. The fourth-order valence-corrected chi connectivity index (χ4v) is 7.27. The third kappa shape index (κ3) is 5.60. The molecule has 9 nitrogen and oxygen atoms in total. The lowest BCUT2D eigenvalue weighted by Crippen LogP contribution is -2.59. The van der Waals surface area contributed by atoms with Crippen molar-refractivity contribution >= 4 is 46.2 Å². The van der Waals surface area contributed by atoms with E-state index in [4.69, 9.17) is 16.3 Å². The number of anilines is 1. The fraction of sp³-hybridized carbons (Fsp3) is 0.500. The summed E-state index contributed by atoms with van der Waals surface area (Å²) >= 11 is 7.48. The van der Waals surface area contributed by atoms with Crippen LogP contribution >= 0.6 is 23.4 Å². The molecule has 0 saturated carbocycles. The second kappa shape index (κ2) is 10.8. The molecule has 226 valence electrons. The number of thioether (sulfide) groups is 1. The van der Waals surface area contributed by atoms with E-state index in [0.717, 1.165) is 17.8 Å². The van der Waals surface area contributed by atoms with Gasteiger partial charge in [0.25, 0.3) is 5.56 Å². The first-order valence-electron chi connectivity index (χ1n) is 13.5. The van der Waals surface area contributed by atoms with Gasteiger partial charge in [0.15, 0.2) is 0 Å². The molecular weight excluding hydrogens is 595 g/mol. The Hall–Kier alpha value is -3.19. The summed E-state index contributed by atoms with van der Waals surface area (Å²) in [5.74, 6) is 0.298. The molecule has 2 aliphatic rings. The summed E-state index contributed by atoms with van der Waals surface area (Å²) in [7, 11) is 0. The molecule has 42 heavy (non-hydrogen) atoms. The zero-order valence-corrected chi connectivity index (χ0v) is 25.3. The van der Waals surface area contributed by atoms with Crippen LogP contribution in [0.25, 0.3) is 10.9 Å². The zero-order valence-electron chi connectivity index (χ0n) is 23.7. The predicted octanol–water partition coefficient (Wildman–Crippen LogP) is 5.41. The summed E-state index contributed by atoms with van der Waals surface area (Å²) in [5, 5.41) is -0.372. The lowest BCUT2D eigenvalue weighted by atomic mass is 10.1. The number of carbonyl (C=O) groups is 1. The van der Waals surface area contributed by atoms with E-state index in [-0.39, 0.29) is 52.6 Å². The topological polar surface area (TPSA) is 89.7 Å². The SMILES string of the molecule is C[C@@H]1CN(c2nc(=O)n3c4c(c(Cl)c(C(F)(F)F)cc24)SC[C@@H](n2ccccc2=O)C3)C[C@@H](C)N1C(=O)OC(C)(C)C. The van der Waals surface area contributed by atoms with Crippen molar-refractivity contribution in [2.75, 3.05) is 23.7 Å². The third-order valence-electron chi connectivity index (χ3n) is 7.32.